The second kappa shape index (κ2) is 8.80. The van der Waals surface area contributed by atoms with Crippen molar-refractivity contribution in [2.45, 2.75) is 45.0 Å². The first-order chi connectivity index (χ1) is 13.3. The second-order valence-electron chi connectivity index (χ2n) is 8.18. The first-order valence-electron chi connectivity index (χ1n) is 9.93. The van der Waals surface area contributed by atoms with Crippen LogP contribution >= 0.6 is 0 Å². The summed E-state index contributed by atoms with van der Waals surface area (Å²) in [7, 11) is -1.57. The van der Waals surface area contributed by atoms with Crippen molar-refractivity contribution in [1.82, 2.24) is 14.9 Å². The van der Waals surface area contributed by atoms with Crippen molar-refractivity contribution >= 4 is 16.0 Å². The van der Waals surface area contributed by atoms with Gasteiger partial charge in [0.25, 0.3) is 0 Å². The van der Waals surface area contributed by atoms with Gasteiger partial charge >= 0.3 is 0 Å². The molecule has 2 saturated heterocycles. The molecule has 1 aromatic carbocycles. The van der Waals surface area contributed by atoms with Crippen molar-refractivity contribution in [2.24, 2.45) is 10.4 Å². The zero-order valence-electron chi connectivity index (χ0n) is 17.1. The first-order valence-corrected chi connectivity index (χ1v) is 11.6. The maximum atomic E-state index is 12.3. The molecule has 3 rings (SSSR count). The molecule has 1 aromatic rings. The number of hydrogen-bond donors (Lipinski definition) is 2. The van der Waals surface area contributed by atoms with Crippen LogP contribution in [0.15, 0.2) is 29.3 Å². The molecule has 1 spiro atoms. The Morgan fingerprint density at radius 1 is 1.29 bits per heavy atom. The van der Waals surface area contributed by atoms with E-state index in [-0.39, 0.29) is 17.2 Å². The van der Waals surface area contributed by atoms with E-state index in [9.17, 15) is 8.42 Å². The molecule has 2 heterocycles. The Kier molecular flexibility index (Phi) is 6.62. The number of ether oxygens (including phenoxy) is 1. The van der Waals surface area contributed by atoms with Crippen LogP contribution in [0.3, 0.4) is 0 Å². The third-order valence-electron chi connectivity index (χ3n) is 5.45. The number of nitrogens with zero attached hydrogens (tertiary/aromatic N) is 2. The molecule has 2 N–H and O–H groups in total. The molecule has 0 aromatic heterocycles. The van der Waals surface area contributed by atoms with Crippen molar-refractivity contribution in [3.63, 3.8) is 0 Å². The molecular formula is C20H32N4O3S. The van der Waals surface area contributed by atoms with Crippen LogP contribution in [0.25, 0.3) is 0 Å². The van der Waals surface area contributed by atoms with Gasteiger partial charge in [0, 0.05) is 44.7 Å². The molecule has 1 unspecified atom stereocenters. The summed E-state index contributed by atoms with van der Waals surface area (Å²) >= 11 is 0. The quantitative estimate of drug-likeness (QED) is 0.553. The lowest BCUT2D eigenvalue weighted by molar-refractivity contribution is 0.156. The SMILES string of the molecule is CN=C(NCc1ccccc1CS(=O)(=O)NC(C)C)N1CCC2(CCOC2)C1. The highest BCUT2D eigenvalue weighted by atomic mass is 32.2. The third kappa shape index (κ3) is 5.24. The minimum atomic E-state index is -3.36. The summed E-state index contributed by atoms with van der Waals surface area (Å²) in [6, 6.07) is 7.54. The minimum absolute atomic E-state index is 0.0220. The van der Waals surface area contributed by atoms with E-state index in [1.165, 1.54) is 0 Å². The number of sulfonamides is 1. The standard InChI is InChI=1S/C20H32N4O3S/c1-16(2)23-28(25,26)13-18-7-5-4-6-17(18)12-22-19(21-3)24-10-8-20(14-24)9-11-27-15-20/h4-7,16,23H,8-15H2,1-3H3,(H,21,22). The molecule has 1 atom stereocenters. The van der Waals surface area contributed by atoms with Gasteiger partial charge < -0.3 is 15.0 Å². The average molecular weight is 409 g/mol. The van der Waals surface area contributed by atoms with E-state index in [0.717, 1.165) is 56.2 Å². The summed E-state index contributed by atoms with van der Waals surface area (Å²) in [5.41, 5.74) is 2.04. The van der Waals surface area contributed by atoms with Crippen LogP contribution < -0.4 is 10.0 Å². The predicted octanol–water partition coefficient (Wildman–Crippen LogP) is 1.70. The fourth-order valence-corrected chi connectivity index (χ4v) is 5.56. The van der Waals surface area contributed by atoms with Gasteiger partial charge in [-0.05, 0) is 37.8 Å². The van der Waals surface area contributed by atoms with Crippen molar-refractivity contribution in [3.05, 3.63) is 35.4 Å². The van der Waals surface area contributed by atoms with Gasteiger partial charge in [0.05, 0.1) is 12.4 Å². The predicted molar refractivity (Wildman–Crippen MR) is 112 cm³/mol. The largest absolute Gasteiger partial charge is 0.381 e. The van der Waals surface area contributed by atoms with Crippen molar-refractivity contribution in [3.8, 4) is 0 Å². The van der Waals surface area contributed by atoms with Crippen molar-refractivity contribution < 1.29 is 13.2 Å². The van der Waals surface area contributed by atoms with E-state index in [1.807, 2.05) is 38.1 Å². The van der Waals surface area contributed by atoms with Gasteiger partial charge in [-0.3, -0.25) is 4.99 Å². The Morgan fingerprint density at radius 2 is 2.04 bits per heavy atom. The Hall–Kier alpha value is -1.64. The Balaban J connectivity index is 1.64. The van der Waals surface area contributed by atoms with Crippen LogP contribution in [0.2, 0.25) is 0 Å². The molecule has 2 aliphatic rings. The van der Waals surface area contributed by atoms with Crippen LogP contribution in [0, 0.1) is 5.41 Å². The maximum absolute atomic E-state index is 12.3. The van der Waals surface area contributed by atoms with E-state index in [1.54, 1.807) is 7.05 Å². The lowest BCUT2D eigenvalue weighted by Gasteiger charge is -2.25. The number of benzene rings is 1. The van der Waals surface area contributed by atoms with Crippen LogP contribution in [-0.4, -0.2) is 58.7 Å². The Bertz CT molecular complexity index is 801. The topological polar surface area (TPSA) is 83.0 Å². The van der Waals surface area contributed by atoms with E-state index in [0.29, 0.717) is 6.54 Å². The van der Waals surface area contributed by atoms with Crippen LogP contribution in [-0.2, 0) is 27.1 Å². The highest BCUT2D eigenvalue weighted by molar-refractivity contribution is 7.88. The summed E-state index contributed by atoms with van der Waals surface area (Å²) < 4.78 is 32.9. The Morgan fingerprint density at radius 3 is 2.68 bits per heavy atom. The van der Waals surface area contributed by atoms with Crippen LogP contribution in [0.5, 0.6) is 0 Å². The summed E-state index contributed by atoms with van der Waals surface area (Å²) in [5.74, 6) is 0.841. The molecule has 156 valence electrons. The molecule has 0 radical (unpaired) electrons. The highest BCUT2D eigenvalue weighted by Crippen LogP contribution is 2.38. The third-order valence-corrected chi connectivity index (χ3v) is 6.97. The molecule has 2 aliphatic heterocycles. The van der Waals surface area contributed by atoms with Crippen LogP contribution in [0.1, 0.15) is 37.8 Å². The van der Waals surface area contributed by atoms with E-state index in [2.05, 4.69) is 19.9 Å². The smallest absolute Gasteiger partial charge is 0.216 e. The first kappa shape index (κ1) is 21.1. The van der Waals surface area contributed by atoms with E-state index in [4.69, 9.17) is 4.74 Å². The fraction of sp³-hybridized carbons (Fsp3) is 0.650. The van der Waals surface area contributed by atoms with Gasteiger partial charge in [-0.15, -0.1) is 0 Å². The zero-order valence-corrected chi connectivity index (χ0v) is 17.9. The van der Waals surface area contributed by atoms with Crippen molar-refractivity contribution in [2.75, 3.05) is 33.4 Å². The summed E-state index contributed by atoms with van der Waals surface area (Å²) in [4.78, 5) is 6.73. The molecule has 7 nitrogen and oxygen atoms in total. The van der Waals surface area contributed by atoms with Gasteiger partial charge in [-0.1, -0.05) is 24.3 Å². The van der Waals surface area contributed by atoms with Gasteiger partial charge in [0.1, 0.15) is 0 Å². The van der Waals surface area contributed by atoms with E-state index >= 15 is 0 Å². The van der Waals surface area contributed by atoms with Crippen LogP contribution in [0.4, 0.5) is 0 Å². The number of nitrogens with one attached hydrogen (secondary N) is 2. The lowest BCUT2D eigenvalue weighted by atomic mass is 9.87. The molecular weight excluding hydrogens is 376 g/mol. The molecule has 0 bridgehead atoms. The monoisotopic (exact) mass is 408 g/mol. The molecule has 0 amide bonds. The Labute approximate surface area is 168 Å². The number of aliphatic imine (C=N–C) groups is 1. The normalized spacial score (nSPS) is 23.1. The highest BCUT2D eigenvalue weighted by Gasteiger charge is 2.42. The van der Waals surface area contributed by atoms with Gasteiger partial charge in [-0.2, -0.15) is 0 Å². The zero-order chi connectivity index (χ0) is 20.2. The van der Waals surface area contributed by atoms with Crippen molar-refractivity contribution in [1.29, 1.82) is 0 Å². The summed E-state index contributed by atoms with van der Waals surface area (Å²) in [6.07, 6.45) is 2.24. The lowest BCUT2D eigenvalue weighted by Crippen LogP contribution is -2.41. The maximum Gasteiger partial charge on any atom is 0.216 e. The van der Waals surface area contributed by atoms with E-state index < -0.39 is 10.0 Å². The number of hydrogen-bond acceptors (Lipinski definition) is 4. The summed E-state index contributed by atoms with van der Waals surface area (Å²) in [5, 5.41) is 3.42. The van der Waals surface area contributed by atoms with Gasteiger partial charge in [0.15, 0.2) is 5.96 Å². The molecule has 28 heavy (non-hydrogen) atoms. The number of rotatable bonds is 6. The molecule has 0 aliphatic carbocycles. The number of likely N-dealkylation sites (tertiary alicyclic amines) is 1. The molecule has 2 fully saturated rings. The van der Waals surface area contributed by atoms with Gasteiger partial charge in [0.2, 0.25) is 10.0 Å². The minimum Gasteiger partial charge on any atom is -0.381 e. The molecule has 8 heteroatoms. The number of guanidine groups is 1. The second-order valence-corrected chi connectivity index (χ2v) is 9.93. The fourth-order valence-electron chi connectivity index (χ4n) is 4.07. The van der Waals surface area contributed by atoms with Gasteiger partial charge in [-0.25, -0.2) is 13.1 Å². The average Bonchev–Trinajstić information content (AvgIpc) is 3.26. The summed E-state index contributed by atoms with van der Waals surface area (Å²) in [6.45, 7) is 7.81. The molecule has 0 saturated carbocycles.